The third kappa shape index (κ3) is 8.28. The molecule has 0 saturated carbocycles. The van der Waals surface area contributed by atoms with Gasteiger partial charge in [-0.25, -0.2) is 14.6 Å². The Kier molecular flexibility index (Phi) is 11.5. The van der Waals surface area contributed by atoms with Crippen LogP contribution >= 0.6 is 23.1 Å². The van der Waals surface area contributed by atoms with Crippen molar-refractivity contribution in [2.45, 2.75) is 63.3 Å². The summed E-state index contributed by atoms with van der Waals surface area (Å²) < 4.78 is 11.0. The van der Waals surface area contributed by atoms with Crippen LogP contribution in [0.4, 0.5) is 21.3 Å². The van der Waals surface area contributed by atoms with Crippen LogP contribution in [0.2, 0.25) is 0 Å². The normalized spacial score (nSPS) is 21.4. The van der Waals surface area contributed by atoms with E-state index in [2.05, 4.69) is 10.3 Å². The first kappa shape index (κ1) is 39.6. The van der Waals surface area contributed by atoms with Crippen LogP contribution in [-0.4, -0.2) is 103 Å². The lowest BCUT2D eigenvalue weighted by atomic mass is 9.79. The summed E-state index contributed by atoms with van der Waals surface area (Å²) in [4.78, 5) is 83.5. The van der Waals surface area contributed by atoms with E-state index in [-0.39, 0.29) is 71.0 Å². The highest BCUT2D eigenvalue weighted by Gasteiger charge is 2.60. The number of nitrogens with one attached hydrogen (secondary N) is 1. The van der Waals surface area contributed by atoms with Gasteiger partial charge in [0.15, 0.2) is 5.13 Å². The van der Waals surface area contributed by atoms with Gasteiger partial charge < -0.3 is 34.6 Å². The number of likely N-dealkylation sites (tertiary alicyclic amines) is 1. The number of amides is 3. The van der Waals surface area contributed by atoms with Crippen LogP contribution < -0.4 is 10.2 Å². The second-order valence-corrected chi connectivity index (χ2v) is 16.5. The maximum Gasteiger partial charge on any atom is 0.410 e. The molecule has 0 bridgehead atoms. The minimum absolute atomic E-state index is 0.0129. The number of ether oxygens (including phenoxy) is 2. The molecule has 1 aromatic heterocycles. The van der Waals surface area contributed by atoms with Gasteiger partial charge in [0, 0.05) is 77.9 Å². The molecule has 300 valence electrons. The lowest BCUT2D eigenvalue weighted by Crippen LogP contribution is -2.63. The second-order valence-electron chi connectivity index (χ2n) is 14.3. The van der Waals surface area contributed by atoms with E-state index in [1.807, 2.05) is 11.8 Å². The van der Waals surface area contributed by atoms with Crippen LogP contribution in [0.1, 0.15) is 48.3 Å². The molecule has 3 amide bonds. The molecule has 5 heterocycles. The summed E-state index contributed by atoms with van der Waals surface area (Å²) in [5, 5.41) is 37.6. The van der Waals surface area contributed by atoms with Gasteiger partial charge in [-0.3, -0.25) is 29.8 Å². The van der Waals surface area contributed by atoms with E-state index in [1.165, 1.54) is 76.5 Å². The number of nitro groups is 2. The molecule has 0 aliphatic carbocycles. The van der Waals surface area contributed by atoms with Crippen molar-refractivity contribution < 1.29 is 43.6 Å². The number of β-lactam (4-membered cyclic amide) rings is 1. The second kappa shape index (κ2) is 16.5. The first-order valence-corrected chi connectivity index (χ1v) is 20.0. The highest BCUT2D eigenvalue weighted by molar-refractivity contribution is 8.03. The number of nitro benzene ring substituents is 2. The van der Waals surface area contributed by atoms with Gasteiger partial charge in [0.25, 0.3) is 17.3 Å². The predicted octanol–water partition coefficient (Wildman–Crippen LogP) is 4.22. The van der Waals surface area contributed by atoms with Crippen molar-refractivity contribution in [3.05, 3.63) is 102 Å². The molecular formula is C37H39N7O11S2. The minimum atomic E-state index is -0.891. The molecule has 20 heteroatoms. The van der Waals surface area contributed by atoms with E-state index in [4.69, 9.17) is 9.47 Å². The van der Waals surface area contributed by atoms with Crippen molar-refractivity contribution in [2.75, 3.05) is 31.1 Å². The summed E-state index contributed by atoms with van der Waals surface area (Å²) in [6.07, 6.45) is -0.324. The number of carbonyl (C=O) groups is 4. The number of aromatic nitrogens is 1. The third-order valence-corrected chi connectivity index (χ3v) is 12.9. The molecule has 0 spiro atoms. The average Bonchev–Trinajstić information content (AvgIpc) is 3.75. The first-order chi connectivity index (χ1) is 27.3. The van der Waals surface area contributed by atoms with Crippen molar-refractivity contribution in [1.29, 1.82) is 0 Å². The number of benzene rings is 2. The number of thiazole rings is 1. The number of esters is 1. The van der Waals surface area contributed by atoms with Crippen molar-refractivity contribution in [2.24, 2.45) is 11.8 Å². The maximum atomic E-state index is 13.5. The Morgan fingerprint density at radius 1 is 0.982 bits per heavy atom. The molecule has 2 N–H and O–H groups in total. The van der Waals surface area contributed by atoms with Gasteiger partial charge in [0.2, 0.25) is 5.91 Å². The lowest BCUT2D eigenvalue weighted by Gasteiger charge is -2.46. The number of rotatable bonds is 13. The molecule has 3 aromatic rings. The van der Waals surface area contributed by atoms with Crippen molar-refractivity contribution >= 4 is 63.5 Å². The van der Waals surface area contributed by atoms with E-state index >= 15 is 0 Å². The van der Waals surface area contributed by atoms with E-state index in [1.54, 1.807) is 17.2 Å². The van der Waals surface area contributed by atoms with Gasteiger partial charge in [-0.15, -0.1) is 23.1 Å². The van der Waals surface area contributed by atoms with Crippen LogP contribution in [-0.2, 0) is 32.3 Å². The van der Waals surface area contributed by atoms with Gasteiger partial charge in [-0.2, -0.15) is 0 Å². The Labute approximate surface area is 334 Å². The van der Waals surface area contributed by atoms with E-state index in [0.717, 1.165) is 0 Å². The van der Waals surface area contributed by atoms with Gasteiger partial charge >= 0.3 is 12.1 Å². The summed E-state index contributed by atoms with van der Waals surface area (Å²) in [7, 11) is 0. The van der Waals surface area contributed by atoms with Crippen molar-refractivity contribution in [3.63, 3.8) is 0 Å². The third-order valence-electron chi connectivity index (χ3n) is 10.6. The van der Waals surface area contributed by atoms with Crippen LogP contribution in [0.25, 0.3) is 0 Å². The van der Waals surface area contributed by atoms with Crippen LogP contribution in [0, 0.1) is 32.1 Å². The SMILES string of the molecule is C[C@@H](O)[C@H]1C(=O)N2C(C(=O)OCc3ccc([N+](=O)[O-])cc3)=C(SC3CN(c4nc(C(=O)NC5CCN(C(=O)OCc6ccc([N+](=O)[O-])cc6)CC5)cs4)C3)[C@H](C)[C@H]12. The molecule has 3 saturated heterocycles. The molecule has 18 nitrogen and oxygen atoms in total. The number of carbonyl (C=O) groups excluding carboxylic acids is 4. The molecule has 4 aliphatic rings. The summed E-state index contributed by atoms with van der Waals surface area (Å²) >= 11 is 2.84. The lowest BCUT2D eigenvalue weighted by molar-refractivity contribution is -0.385. The van der Waals surface area contributed by atoms with E-state index in [9.17, 15) is 44.5 Å². The van der Waals surface area contributed by atoms with Gasteiger partial charge in [0.1, 0.15) is 24.6 Å². The molecule has 7 rings (SSSR count). The number of hydrogen-bond donors (Lipinski definition) is 2. The number of hydrogen-bond acceptors (Lipinski definition) is 15. The Morgan fingerprint density at radius 2 is 1.56 bits per heavy atom. The number of piperidine rings is 1. The Balaban J connectivity index is 0.897. The summed E-state index contributed by atoms with van der Waals surface area (Å²) in [5.74, 6) is -2.20. The Bertz CT molecular complexity index is 2100. The number of aliphatic hydroxyl groups excluding tert-OH is 1. The number of aliphatic hydroxyl groups is 1. The Morgan fingerprint density at radius 3 is 2.12 bits per heavy atom. The summed E-state index contributed by atoms with van der Waals surface area (Å²) in [6.45, 7) is 5.28. The number of thioether (sulfide) groups is 1. The molecule has 4 aliphatic heterocycles. The quantitative estimate of drug-likeness (QED) is 0.107. The fourth-order valence-electron chi connectivity index (χ4n) is 7.38. The average molecular weight is 822 g/mol. The number of fused-ring (bicyclic) bond motifs is 1. The van der Waals surface area contributed by atoms with Crippen LogP contribution in [0.3, 0.4) is 0 Å². The molecule has 3 fully saturated rings. The zero-order valence-corrected chi connectivity index (χ0v) is 32.5. The summed E-state index contributed by atoms with van der Waals surface area (Å²) in [5.41, 5.74) is 1.50. The maximum absolute atomic E-state index is 13.5. The standard InChI is InChI=1S/C37H39N7O11S2/c1-20-30-29(21(2)45)34(47)42(30)31(35(48)54-17-22-3-7-25(8-4-22)43(50)51)32(20)57-27-15-41(16-27)36-39-28(19-56-36)33(46)38-24-11-13-40(14-12-24)37(49)55-18-23-5-9-26(10-6-23)44(52)53/h3-10,19-21,24,27,29-30,45H,11-18H2,1-2H3,(H,38,46)/t20-,21-,29-,30-/m1/s1. The largest absolute Gasteiger partial charge is 0.456 e. The highest BCUT2D eigenvalue weighted by atomic mass is 32.2. The van der Waals surface area contributed by atoms with Gasteiger partial charge in [-0.1, -0.05) is 6.92 Å². The molecule has 4 atom stereocenters. The fourth-order valence-corrected chi connectivity index (χ4v) is 9.72. The molecule has 0 radical (unpaired) electrons. The number of nitrogens with zero attached hydrogens (tertiary/aromatic N) is 6. The van der Waals surface area contributed by atoms with E-state index < -0.39 is 33.9 Å². The minimum Gasteiger partial charge on any atom is -0.456 e. The fraction of sp³-hybridized carbons (Fsp3) is 0.432. The van der Waals surface area contributed by atoms with Crippen molar-refractivity contribution in [3.8, 4) is 0 Å². The van der Waals surface area contributed by atoms with Gasteiger partial charge in [-0.05, 0) is 55.2 Å². The smallest absolute Gasteiger partial charge is 0.410 e. The van der Waals surface area contributed by atoms with E-state index in [0.29, 0.717) is 60.2 Å². The number of anilines is 1. The predicted molar refractivity (Wildman–Crippen MR) is 206 cm³/mol. The van der Waals surface area contributed by atoms with Crippen molar-refractivity contribution in [1.82, 2.24) is 20.1 Å². The highest BCUT2D eigenvalue weighted by Crippen LogP contribution is 2.52. The van der Waals surface area contributed by atoms with Crippen LogP contribution in [0.15, 0.2) is 64.5 Å². The molecule has 57 heavy (non-hydrogen) atoms. The molecular weight excluding hydrogens is 783 g/mol. The number of non-ortho nitro benzene ring substituents is 2. The van der Waals surface area contributed by atoms with Crippen LogP contribution in [0.5, 0.6) is 0 Å². The monoisotopic (exact) mass is 821 g/mol. The molecule has 2 aromatic carbocycles. The molecule has 0 unspecified atom stereocenters. The topological polar surface area (TPSA) is 228 Å². The zero-order chi connectivity index (χ0) is 40.5. The Hall–Kier alpha value is -5.60. The summed E-state index contributed by atoms with van der Waals surface area (Å²) in [6, 6.07) is 10.9. The first-order valence-electron chi connectivity index (χ1n) is 18.3. The van der Waals surface area contributed by atoms with Gasteiger partial charge in [0.05, 0.1) is 27.9 Å². The zero-order valence-electron chi connectivity index (χ0n) is 30.8.